The molecule has 102 valence electrons. The Hall–Kier alpha value is -2.06. The van der Waals surface area contributed by atoms with E-state index in [-0.39, 0.29) is 5.88 Å². The molecule has 0 amide bonds. The van der Waals surface area contributed by atoms with Crippen molar-refractivity contribution in [1.29, 1.82) is 0 Å². The predicted molar refractivity (Wildman–Crippen MR) is 81.5 cm³/mol. The molecule has 1 unspecified atom stereocenters. The first-order chi connectivity index (χ1) is 9.79. The van der Waals surface area contributed by atoms with Crippen molar-refractivity contribution in [3.63, 3.8) is 0 Å². The van der Waals surface area contributed by atoms with Gasteiger partial charge in [0.1, 0.15) is 6.10 Å². The normalized spacial score (nSPS) is 12.2. The Morgan fingerprint density at radius 2 is 1.65 bits per heavy atom. The molecule has 2 aromatic carbocycles. The molecule has 0 bridgehead atoms. The van der Waals surface area contributed by atoms with Gasteiger partial charge in [-0.3, -0.25) is 0 Å². The summed E-state index contributed by atoms with van der Waals surface area (Å²) in [5.74, 6) is -0.169. The lowest BCUT2D eigenvalue weighted by molar-refractivity contribution is -0.142. The van der Waals surface area contributed by atoms with Gasteiger partial charge in [0.05, 0.1) is 5.88 Å². The Bertz CT molecular complexity index is 564. The number of hydrogen-bond donors (Lipinski definition) is 0. The Balaban J connectivity index is 1.98. The molecule has 0 saturated carbocycles. The molecule has 0 aromatic heterocycles. The zero-order valence-corrected chi connectivity index (χ0v) is 11.7. The first-order valence-electron chi connectivity index (χ1n) is 6.34. The summed E-state index contributed by atoms with van der Waals surface area (Å²) in [7, 11) is 0. The molecule has 20 heavy (non-hydrogen) atoms. The first-order valence-corrected chi connectivity index (χ1v) is 6.87. The highest BCUT2D eigenvalue weighted by molar-refractivity contribution is 6.18. The molecule has 0 radical (unpaired) electrons. The quantitative estimate of drug-likeness (QED) is 0.467. The van der Waals surface area contributed by atoms with Crippen molar-refractivity contribution in [3.05, 3.63) is 77.9 Å². The number of halogens is 1. The SMILES string of the molecule is O=C(/C=C/c1ccccc1)OC(CCl)c1ccccc1. The molecule has 0 N–H and O–H groups in total. The van der Waals surface area contributed by atoms with E-state index in [1.165, 1.54) is 6.08 Å². The fourth-order valence-electron chi connectivity index (χ4n) is 1.76. The van der Waals surface area contributed by atoms with Gasteiger partial charge < -0.3 is 4.74 Å². The van der Waals surface area contributed by atoms with Crippen LogP contribution in [-0.2, 0) is 9.53 Å². The molecule has 2 rings (SSSR count). The van der Waals surface area contributed by atoms with Gasteiger partial charge in [-0.1, -0.05) is 60.7 Å². The summed E-state index contributed by atoms with van der Waals surface area (Å²) in [5, 5.41) is 0. The van der Waals surface area contributed by atoms with Crippen LogP contribution in [0.25, 0.3) is 6.08 Å². The van der Waals surface area contributed by atoms with Crippen LogP contribution in [0.2, 0.25) is 0 Å². The minimum absolute atomic E-state index is 0.231. The summed E-state index contributed by atoms with van der Waals surface area (Å²) in [5.41, 5.74) is 1.84. The van der Waals surface area contributed by atoms with Crippen molar-refractivity contribution < 1.29 is 9.53 Å². The van der Waals surface area contributed by atoms with Crippen molar-refractivity contribution in [2.45, 2.75) is 6.10 Å². The molecular weight excluding hydrogens is 272 g/mol. The van der Waals surface area contributed by atoms with Crippen LogP contribution in [0.15, 0.2) is 66.7 Å². The molecule has 0 spiro atoms. The van der Waals surface area contributed by atoms with Gasteiger partial charge in [0.25, 0.3) is 0 Å². The number of benzene rings is 2. The zero-order valence-electron chi connectivity index (χ0n) is 10.9. The van der Waals surface area contributed by atoms with E-state index in [9.17, 15) is 4.79 Å². The molecule has 2 aromatic rings. The maximum Gasteiger partial charge on any atom is 0.331 e. The minimum atomic E-state index is -0.425. The number of esters is 1. The number of rotatable bonds is 5. The Morgan fingerprint density at radius 1 is 1.05 bits per heavy atom. The lowest BCUT2D eigenvalue weighted by Gasteiger charge is -2.14. The number of hydrogen-bond acceptors (Lipinski definition) is 2. The van der Waals surface area contributed by atoms with Gasteiger partial charge in [0.2, 0.25) is 0 Å². The molecule has 0 aliphatic carbocycles. The summed E-state index contributed by atoms with van der Waals surface area (Å²) in [4.78, 5) is 11.8. The van der Waals surface area contributed by atoms with Crippen LogP contribution in [0, 0.1) is 0 Å². The van der Waals surface area contributed by atoms with Gasteiger partial charge in [0.15, 0.2) is 0 Å². The van der Waals surface area contributed by atoms with Crippen molar-refractivity contribution >= 4 is 23.6 Å². The zero-order chi connectivity index (χ0) is 14.2. The number of alkyl halides is 1. The average molecular weight is 287 g/mol. The largest absolute Gasteiger partial charge is 0.453 e. The third kappa shape index (κ3) is 4.25. The summed E-state index contributed by atoms with van der Waals surface area (Å²) in [6, 6.07) is 19.1. The fourth-order valence-corrected chi connectivity index (χ4v) is 2.01. The molecule has 3 heteroatoms. The lowest BCUT2D eigenvalue weighted by atomic mass is 10.1. The Morgan fingerprint density at radius 3 is 2.25 bits per heavy atom. The van der Waals surface area contributed by atoms with Crippen LogP contribution in [-0.4, -0.2) is 11.8 Å². The van der Waals surface area contributed by atoms with Gasteiger partial charge >= 0.3 is 5.97 Å². The van der Waals surface area contributed by atoms with E-state index in [0.29, 0.717) is 0 Å². The number of carbonyl (C=O) groups excluding carboxylic acids is 1. The smallest absolute Gasteiger partial charge is 0.331 e. The van der Waals surface area contributed by atoms with E-state index >= 15 is 0 Å². The number of ether oxygens (including phenoxy) is 1. The van der Waals surface area contributed by atoms with Gasteiger partial charge in [0, 0.05) is 6.08 Å². The minimum Gasteiger partial charge on any atom is -0.453 e. The maximum absolute atomic E-state index is 11.8. The molecule has 0 fully saturated rings. The summed E-state index contributed by atoms with van der Waals surface area (Å²) < 4.78 is 5.35. The third-order valence-corrected chi connectivity index (χ3v) is 3.06. The topological polar surface area (TPSA) is 26.3 Å². The van der Waals surface area contributed by atoms with Crippen LogP contribution >= 0.6 is 11.6 Å². The third-order valence-electron chi connectivity index (χ3n) is 2.78. The van der Waals surface area contributed by atoms with Crippen molar-refractivity contribution in [2.24, 2.45) is 0 Å². The Labute approximate surface area is 123 Å². The molecule has 0 aliphatic rings. The molecular formula is C17H15ClO2. The summed E-state index contributed by atoms with van der Waals surface area (Å²) in [6.07, 6.45) is 2.71. The molecule has 2 nitrogen and oxygen atoms in total. The van der Waals surface area contributed by atoms with Gasteiger partial charge in [-0.2, -0.15) is 0 Å². The van der Waals surface area contributed by atoms with Crippen molar-refractivity contribution in [2.75, 3.05) is 5.88 Å². The van der Waals surface area contributed by atoms with Crippen LogP contribution in [0.4, 0.5) is 0 Å². The van der Waals surface area contributed by atoms with E-state index in [4.69, 9.17) is 16.3 Å². The highest BCUT2D eigenvalue weighted by Gasteiger charge is 2.13. The highest BCUT2D eigenvalue weighted by Crippen LogP contribution is 2.19. The van der Waals surface area contributed by atoms with E-state index in [2.05, 4.69) is 0 Å². The monoisotopic (exact) mass is 286 g/mol. The molecule has 1 atom stereocenters. The second kappa shape index (κ2) is 7.51. The van der Waals surface area contributed by atoms with E-state index < -0.39 is 12.1 Å². The van der Waals surface area contributed by atoms with Gasteiger partial charge in [-0.15, -0.1) is 11.6 Å². The summed E-state index contributed by atoms with van der Waals surface area (Å²) in [6.45, 7) is 0. The van der Waals surface area contributed by atoms with Crippen molar-refractivity contribution in [1.82, 2.24) is 0 Å². The second-order valence-corrected chi connectivity index (χ2v) is 4.54. The first kappa shape index (κ1) is 14.4. The lowest BCUT2D eigenvalue weighted by Crippen LogP contribution is -2.10. The molecule has 0 aliphatic heterocycles. The van der Waals surface area contributed by atoms with E-state index in [1.807, 2.05) is 60.7 Å². The van der Waals surface area contributed by atoms with Gasteiger partial charge in [-0.25, -0.2) is 4.79 Å². The number of carbonyl (C=O) groups is 1. The summed E-state index contributed by atoms with van der Waals surface area (Å²) >= 11 is 5.86. The maximum atomic E-state index is 11.8. The average Bonchev–Trinajstić information content (AvgIpc) is 2.52. The second-order valence-electron chi connectivity index (χ2n) is 4.23. The standard InChI is InChI=1S/C17H15ClO2/c18-13-16(15-9-5-2-6-10-15)20-17(19)12-11-14-7-3-1-4-8-14/h1-12,16H,13H2/b12-11+. The predicted octanol–water partition coefficient (Wildman–Crippen LogP) is 4.22. The van der Waals surface area contributed by atoms with E-state index in [1.54, 1.807) is 6.08 Å². The highest BCUT2D eigenvalue weighted by atomic mass is 35.5. The van der Waals surface area contributed by atoms with Crippen LogP contribution in [0.1, 0.15) is 17.2 Å². The van der Waals surface area contributed by atoms with Gasteiger partial charge in [-0.05, 0) is 17.2 Å². The van der Waals surface area contributed by atoms with Crippen LogP contribution in [0.5, 0.6) is 0 Å². The van der Waals surface area contributed by atoms with Crippen LogP contribution < -0.4 is 0 Å². The van der Waals surface area contributed by atoms with Crippen LogP contribution in [0.3, 0.4) is 0 Å². The van der Waals surface area contributed by atoms with E-state index in [0.717, 1.165) is 11.1 Å². The molecule has 0 heterocycles. The van der Waals surface area contributed by atoms with Crippen molar-refractivity contribution in [3.8, 4) is 0 Å². The molecule has 0 saturated heterocycles. The Kier molecular flexibility index (Phi) is 5.39. The fraction of sp³-hybridized carbons (Fsp3) is 0.118.